The van der Waals surface area contributed by atoms with E-state index in [0.29, 0.717) is 17.1 Å². The number of hydrogen-bond donors (Lipinski definition) is 1. The van der Waals surface area contributed by atoms with Crippen molar-refractivity contribution in [1.29, 1.82) is 0 Å². The molecule has 0 atom stereocenters. The molecule has 0 aromatic heterocycles. The Kier molecular flexibility index (Phi) is 5.28. The van der Waals surface area contributed by atoms with Gasteiger partial charge in [0, 0.05) is 21.1 Å². The molecule has 7 nitrogen and oxygen atoms in total. The van der Waals surface area contributed by atoms with Gasteiger partial charge in [-0.2, -0.15) is 5.01 Å². The molecular formula is C9H12ClN4O3+. The Morgan fingerprint density at radius 3 is 3.00 bits per heavy atom. The molecule has 1 rings (SSSR count). The van der Waals surface area contributed by atoms with Crippen LogP contribution in [0.25, 0.3) is 0 Å². The first-order valence-electron chi connectivity index (χ1n) is 4.93. The van der Waals surface area contributed by atoms with Crippen LogP contribution in [0.1, 0.15) is 0 Å². The van der Waals surface area contributed by atoms with Crippen LogP contribution >= 0.6 is 11.6 Å². The standard InChI is InChI=1S/C9H11ClN4O3/c10-3-5-14(12-16)9(15)11-6-8-2-1-4-13(17)7-8/h1-2,7H,3-6H2/p+1. The predicted octanol–water partition coefficient (Wildman–Crippen LogP) is 1.15. The Labute approximate surface area is 103 Å². The number of hydrogen-bond acceptors (Lipinski definition) is 4. The Morgan fingerprint density at radius 1 is 1.65 bits per heavy atom. The van der Waals surface area contributed by atoms with Gasteiger partial charge in [0.2, 0.25) is 12.7 Å². The molecule has 0 bridgehead atoms. The van der Waals surface area contributed by atoms with E-state index < -0.39 is 6.03 Å². The maximum atomic E-state index is 11.4. The fraction of sp³-hybridized carbons (Fsp3) is 0.444. The van der Waals surface area contributed by atoms with E-state index in [-0.39, 0.29) is 19.0 Å². The molecule has 1 heterocycles. The van der Waals surface area contributed by atoms with E-state index in [1.54, 1.807) is 12.2 Å². The summed E-state index contributed by atoms with van der Waals surface area (Å²) in [7, 11) is 0. The van der Waals surface area contributed by atoms with Gasteiger partial charge in [-0.25, -0.2) is 4.79 Å². The first-order valence-corrected chi connectivity index (χ1v) is 5.46. The molecule has 1 aliphatic heterocycles. The Morgan fingerprint density at radius 2 is 2.41 bits per heavy atom. The molecule has 0 saturated heterocycles. The van der Waals surface area contributed by atoms with Crippen molar-refractivity contribution in [3.05, 3.63) is 33.7 Å². The van der Waals surface area contributed by atoms with Crippen molar-refractivity contribution >= 4 is 17.6 Å². The number of rotatable bonds is 5. The molecule has 0 radical (unpaired) electrons. The van der Waals surface area contributed by atoms with Crippen LogP contribution in [0.5, 0.6) is 0 Å². The summed E-state index contributed by atoms with van der Waals surface area (Å²) in [5.74, 6) is 0.121. The third-order valence-corrected chi connectivity index (χ3v) is 2.17. The number of nitrogens with one attached hydrogen (secondary N) is 1. The number of halogens is 1. The van der Waals surface area contributed by atoms with E-state index in [9.17, 15) is 14.6 Å². The topological polar surface area (TPSA) is 81.8 Å². The summed E-state index contributed by atoms with van der Waals surface area (Å²) in [4.78, 5) is 32.7. The summed E-state index contributed by atoms with van der Waals surface area (Å²) < 4.78 is 0.746. The van der Waals surface area contributed by atoms with Crippen molar-refractivity contribution in [2.75, 3.05) is 25.5 Å². The molecule has 0 aromatic carbocycles. The average molecular weight is 260 g/mol. The zero-order chi connectivity index (χ0) is 12.7. The molecule has 17 heavy (non-hydrogen) atoms. The first-order chi connectivity index (χ1) is 8.17. The van der Waals surface area contributed by atoms with Crippen LogP contribution in [0, 0.1) is 9.81 Å². The van der Waals surface area contributed by atoms with Crippen molar-refractivity contribution in [1.82, 2.24) is 10.3 Å². The predicted molar refractivity (Wildman–Crippen MR) is 62.3 cm³/mol. The van der Waals surface area contributed by atoms with Crippen molar-refractivity contribution in [3.8, 4) is 0 Å². The van der Waals surface area contributed by atoms with Crippen LogP contribution in [0.4, 0.5) is 4.79 Å². The molecule has 8 heteroatoms. The minimum atomic E-state index is -0.641. The van der Waals surface area contributed by atoms with Gasteiger partial charge in [-0.15, -0.1) is 16.5 Å². The van der Waals surface area contributed by atoms with Crippen LogP contribution in [0.3, 0.4) is 0 Å². The van der Waals surface area contributed by atoms with E-state index in [1.807, 2.05) is 0 Å². The molecule has 1 aliphatic rings. The first kappa shape index (κ1) is 13.3. The maximum Gasteiger partial charge on any atom is 0.340 e. The summed E-state index contributed by atoms with van der Waals surface area (Å²) in [5.41, 5.74) is 0.649. The van der Waals surface area contributed by atoms with Crippen molar-refractivity contribution in [2.45, 2.75) is 0 Å². The molecule has 0 unspecified atom stereocenters. The minimum Gasteiger partial charge on any atom is -0.332 e. The molecule has 0 aliphatic carbocycles. The number of nitroso groups, excluding NO2 is 2. The second-order valence-electron chi connectivity index (χ2n) is 3.26. The van der Waals surface area contributed by atoms with Gasteiger partial charge in [0.1, 0.15) is 0 Å². The highest BCUT2D eigenvalue weighted by molar-refractivity contribution is 6.18. The van der Waals surface area contributed by atoms with Crippen LogP contribution in [-0.4, -0.2) is 41.3 Å². The van der Waals surface area contributed by atoms with E-state index in [0.717, 1.165) is 4.76 Å². The lowest BCUT2D eigenvalue weighted by molar-refractivity contribution is -0.469. The second kappa shape index (κ2) is 6.74. The van der Waals surface area contributed by atoms with Crippen molar-refractivity contribution in [3.63, 3.8) is 0 Å². The molecule has 1 N–H and O–H groups in total. The fourth-order valence-corrected chi connectivity index (χ4v) is 1.38. The summed E-state index contributed by atoms with van der Waals surface area (Å²) in [6.45, 7) is 0.494. The van der Waals surface area contributed by atoms with E-state index in [1.165, 1.54) is 6.20 Å². The number of amides is 2. The van der Waals surface area contributed by atoms with Crippen molar-refractivity contribution < 1.29 is 9.55 Å². The van der Waals surface area contributed by atoms with Crippen LogP contribution < -0.4 is 5.32 Å². The van der Waals surface area contributed by atoms with Gasteiger partial charge in [-0.05, 0) is 12.2 Å². The highest BCUT2D eigenvalue weighted by atomic mass is 35.5. The van der Waals surface area contributed by atoms with Crippen molar-refractivity contribution in [2.24, 2.45) is 5.29 Å². The van der Waals surface area contributed by atoms with Gasteiger partial charge in [0.25, 0.3) is 0 Å². The van der Waals surface area contributed by atoms with Crippen LogP contribution in [0.15, 0.2) is 29.2 Å². The van der Waals surface area contributed by atoms with E-state index >= 15 is 0 Å². The van der Waals surface area contributed by atoms with E-state index in [2.05, 4.69) is 10.6 Å². The summed E-state index contributed by atoms with van der Waals surface area (Å²) >= 11 is 5.40. The SMILES string of the molecule is O=NN(CCCl)C(=O)NCC1=C[N+](=O)CC=C1. The lowest BCUT2D eigenvalue weighted by atomic mass is 10.2. The molecule has 92 valence electrons. The Bertz CT molecular complexity index is 380. The second-order valence-corrected chi connectivity index (χ2v) is 3.64. The van der Waals surface area contributed by atoms with Gasteiger partial charge in [0.15, 0.2) is 0 Å². The van der Waals surface area contributed by atoms with Gasteiger partial charge in [-0.1, -0.05) is 0 Å². The quantitative estimate of drug-likeness (QED) is 0.348. The minimum absolute atomic E-state index is 0.0411. The Balaban J connectivity index is 2.44. The largest absolute Gasteiger partial charge is 0.340 e. The number of urea groups is 1. The lowest BCUT2D eigenvalue weighted by Crippen LogP contribution is -2.38. The molecule has 0 spiro atoms. The molecule has 0 saturated carbocycles. The van der Waals surface area contributed by atoms with Gasteiger partial charge >= 0.3 is 6.03 Å². The Hall–Kier alpha value is -1.76. The highest BCUT2D eigenvalue weighted by Gasteiger charge is 2.15. The smallest absolute Gasteiger partial charge is 0.332 e. The molecule has 0 aromatic rings. The summed E-state index contributed by atoms with van der Waals surface area (Å²) in [6, 6.07) is -0.641. The zero-order valence-corrected chi connectivity index (χ0v) is 9.76. The molecular weight excluding hydrogens is 248 g/mol. The third-order valence-electron chi connectivity index (χ3n) is 2.00. The monoisotopic (exact) mass is 259 g/mol. The van der Waals surface area contributed by atoms with Gasteiger partial charge in [0.05, 0.1) is 18.4 Å². The number of carbonyl (C=O) groups excluding carboxylic acids is 1. The fourth-order valence-electron chi connectivity index (χ4n) is 1.22. The maximum absolute atomic E-state index is 11.4. The van der Waals surface area contributed by atoms with Crippen LogP contribution in [0.2, 0.25) is 0 Å². The third kappa shape index (κ3) is 4.31. The molecule has 0 fully saturated rings. The number of nitrogens with zero attached hydrogens (tertiary/aromatic N) is 3. The van der Waals surface area contributed by atoms with Gasteiger partial charge in [-0.3, -0.25) is 0 Å². The number of alkyl halides is 1. The number of carbonyl (C=O) groups is 1. The normalized spacial score (nSPS) is 14.2. The summed E-state index contributed by atoms with van der Waals surface area (Å²) in [6.07, 6.45) is 4.79. The van der Waals surface area contributed by atoms with Gasteiger partial charge < -0.3 is 5.32 Å². The zero-order valence-electron chi connectivity index (χ0n) is 9.00. The van der Waals surface area contributed by atoms with Crippen LogP contribution in [-0.2, 0) is 0 Å². The van der Waals surface area contributed by atoms with E-state index in [4.69, 9.17) is 11.6 Å². The average Bonchev–Trinajstić information content (AvgIpc) is 2.33. The lowest BCUT2D eigenvalue weighted by Gasteiger charge is -2.12. The molecule has 2 amide bonds. The summed E-state index contributed by atoms with van der Waals surface area (Å²) in [5, 5.41) is 5.68. The highest BCUT2D eigenvalue weighted by Crippen LogP contribution is 2.02.